The van der Waals surface area contributed by atoms with Gasteiger partial charge in [-0.2, -0.15) is 0 Å². The van der Waals surface area contributed by atoms with Gasteiger partial charge in [0.2, 0.25) is 0 Å². The Kier molecular flexibility index (Phi) is 4.15. The summed E-state index contributed by atoms with van der Waals surface area (Å²) in [5.74, 6) is 0.814. The molecular formula is C17H24N2O2. The van der Waals surface area contributed by atoms with Crippen LogP contribution in [0.3, 0.4) is 0 Å². The Morgan fingerprint density at radius 3 is 2.90 bits per heavy atom. The summed E-state index contributed by atoms with van der Waals surface area (Å²) < 4.78 is 5.47. The lowest BCUT2D eigenvalue weighted by molar-refractivity contribution is -0.120. The number of benzene rings is 1. The summed E-state index contributed by atoms with van der Waals surface area (Å²) in [5, 5.41) is 3.72. The molecule has 1 unspecified atom stereocenters. The van der Waals surface area contributed by atoms with Crippen molar-refractivity contribution in [1.29, 1.82) is 0 Å². The monoisotopic (exact) mass is 288 g/mol. The van der Waals surface area contributed by atoms with Crippen molar-refractivity contribution in [3.05, 3.63) is 23.8 Å². The number of fused-ring (bicyclic) bond motifs is 1. The van der Waals surface area contributed by atoms with E-state index in [1.54, 1.807) is 4.90 Å². The molecule has 0 radical (unpaired) electrons. The van der Waals surface area contributed by atoms with Crippen molar-refractivity contribution < 1.29 is 9.53 Å². The van der Waals surface area contributed by atoms with Crippen LogP contribution in [0.1, 0.15) is 38.2 Å². The third kappa shape index (κ3) is 3.21. The molecule has 0 bridgehead atoms. The lowest BCUT2D eigenvalue weighted by Crippen LogP contribution is -2.36. The van der Waals surface area contributed by atoms with Crippen LogP contribution in [0, 0.1) is 0 Å². The molecule has 21 heavy (non-hydrogen) atoms. The second-order valence-electron chi connectivity index (χ2n) is 6.30. The summed E-state index contributed by atoms with van der Waals surface area (Å²) in [6.45, 7) is 2.38. The van der Waals surface area contributed by atoms with E-state index >= 15 is 0 Å². The standard InChI is InChI=1S/C17H24N2O2/c1-12(18-14-5-3-4-6-14)9-13-7-8-16-15(10-13)19(2)17(20)11-21-16/h7-8,10,12,14,18H,3-6,9,11H2,1-2H3. The van der Waals surface area contributed by atoms with Crippen molar-refractivity contribution in [3.63, 3.8) is 0 Å². The van der Waals surface area contributed by atoms with Gasteiger partial charge in [-0.05, 0) is 43.9 Å². The van der Waals surface area contributed by atoms with Crippen molar-refractivity contribution in [2.45, 2.75) is 51.1 Å². The van der Waals surface area contributed by atoms with Gasteiger partial charge < -0.3 is 15.0 Å². The van der Waals surface area contributed by atoms with E-state index < -0.39 is 0 Å². The summed E-state index contributed by atoms with van der Waals surface area (Å²) in [7, 11) is 1.81. The fourth-order valence-electron chi connectivity index (χ4n) is 3.35. The molecule has 1 aliphatic heterocycles. The number of amides is 1. The fourth-order valence-corrected chi connectivity index (χ4v) is 3.35. The molecule has 0 spiro atoms. The Balaban J connectivity index is 1.67. The van der Waals surface area contributed by atoms with Crippen LogP contribution in [0.15, 0.2) is 18.2 Å². The van der Waals surface area contributed by atoms with Crippen LogP contribution >= 0.6 is 0 Å². The summed E-state index contributed by atoms with van der Waals surface area (Å²) in [6.07, 6.45) is 6.30. The molecule has 1 heterocycles. The van der Waals surface area contributed by atoms with E-state index in [1.807, 2.05) is 13.1 Å². The first kappa shape index (κ1) is 14.4. The van der Waals surface area contributed by atoms with Crippen molar-refractivity contribution in [1.82, 2.24) is 5.32 Å². The molecular weight excluding hydrogens is 264 g/mol. The Morgan fingerprint density at radius 2 is 2.14 bits per heavy atom. The molecule has 1 N–H and O–H groups in total. The van der Waals surface area contributed by atoms with Gasteiger partial charge in [-0.15, -0.1) is 0 Å². The van der Waals surface area contributed by atoms with E-state index in [0.717, 1.165) is 17.9 Å². The highest BCUT2D eigenvalue weighted by atomic mass is 16.5. The van der Waals surface area contributed by atoms with Crippen molar-refractivity contribution in [2.75, 3.05) is 18.6 Å². The number of carbonyl (C=O) groups is 1. The predicted octanol–water partition coefficient (Wildman–Crippen LogP) is 2.51. The number of hydrogen-bond donors (Lipinski definition) is 1. The molecule has 1 amide bonds. The lowest BCUT2D eigenvalue weighted by atomic mass is 10.0. The van der Waals surface area contributed by atoms with E-state index in [1.165, 1.54) is 31.2 Å². The summed E-state index contributed by atoms with van der Waals surface area (Å²) in [6, 6.07) is 7.31. The molecule has 2 aliphatic rings. The number of carbonyl (C=O) groups excluding carboxylic acids is 1. The number of nitrogens with one attached hydrogen (secondary N) is 1. The first-order valence-corrected chi connectivity index (χ1v) is 7.92. The minimum Gasteiger partial charge on any atom is -0.482 e. The number of nitrogens with zero attached hydrogens (tertiary/aromatic N) is 1. The third-order valence-electron chi connectivity index (χ3n) is 4.53. The average molecular weight is 288 g/mol. The summed E-state index contributed by atoms with van der Waals surface area (Å²) >= 11 is 0. The van der Waals surface area contributed by atoms with Crippen LogP contribution in [-0.4, -0.2) is 31.6 Å². The fraction of sp³-hybridized carbons (Fsp3) is 0.588. The zero-order chi connectivity index (χ0) is 14.8. The number of ether oxygens (including phenoxy) is 1. The minimum atomic E-state index is 0.0109. The van der Waals surface area contributed by atoms with Gasteiger partial charge in [0.05, 0.1) is 5.69 Å². The van der Waals surface area contributed by atoms with Crippen LogP contribution in [-0.2, 0) is 11.2 Å². The third-order valence-corrected chi connectivity index (χ3v) is 4.53. The zero-order valence-electron chi connectivity index (χ0n) is 12.9. The highest BCUT2D eigenvalue weighted by molar-refractivity contribution is 5.97. The Hall–Kier alpha value is -1.55. The Labute approximate surface area is 126 Å². The largest absolute Gasteiger partial charge is 0.482 e. The van der Waals surface area contributed by atoms with Crippen molar-refractivity contribution in [2.24, 2.45) is 0 Å². The Morgan fingerprint density at radius 1 is 1.38 bits per heavy atom. The number of anilines is 1. The number of likely N-dealkylation sites (N-methyl/N-ethyl adjacent to an activating group) is 1. The van der Waals surface area contributed by atoms with E-state index in [4.69, 9.17) is 4.74 Å². The van der Waals surface area contributed by atoms with Crippen LogP contribution in [0.25, 0.3) is 0 Å². The van der Waals surface area contributed by atoms with E-state index in [0.29, 0.717) is 12.1 Å². The van der Waals surface area contributed by atoms with Gasteiger partial charge in [-0.3, -0.25) is 4.79 Å². The maximum Gasteiger partial charge on any atom is 0.264 e. The van der Waals surface area contributed by atoms with Crippen LogP contribution < -0.4 is 15.0 Å². The van der Waals surface area contributed by atoms with E-state index in [-0.39, 0.29) is 12.5 Å². The van der Waals surface area contributed by atoms with Crippen LogP contribution in [0.4, 0.5) is 5.69 Å². The smallest absolute Gasteiger partial charge is 0.264 e. The predicted molar refractivity (Wildman–Crippen MR) is 83.9 cm³/mol. The highest BCUT2D eigenvalue weighted by Gasteiger charge is 2.23. The van der Waals surface area contributed by atoms with Gasteiger partial charge in [0, 0.05) is 19.1 Å². The van der Waals surface area contributed by atoms with E-state index in [2.05, 4.69) is 24.4 Å². The van der Waals surface area contributed by atoms with Gasteiger partial charge >= 0.3 is 0 Å². The molecule has 0 aromatic heterocycles. The lowest BCUT2D eigenvalue weighted by Gasteiger charge is -2.27. The SMILES string of the molecule is CC(Cc1ccc2c(c1)N(C)C(=O)CO2)NC1CCCC1. The molecule has 1 atom stereocenters. The van der Waals surface area contributed by atoms with Gasteiger partial charge in [0.15, 0.2) is 6.61 Å². The maximum atomic E-state index is 11.7. The second-order valence-corrected chi connectivity index (χ2v) is 6.30. The van der Waals surface area contributed by atoms with Gasteiger partial charge in [-0.25, -0.2) is 0 Å². The molecule has 1 aromatic rings. The van der Waals surface area contributed by atoms with Crippen molar-refractivity contribution >= 4 is 11.6 Å². The molecule has 1 aliphatic carbocycles. The van der Waals surface area contributed by atoms with Crippen LogP contribution in [0.5, 0.6) is 5.75 Å². The number of rotatable bonds is 4. The van der Waals surface area contributed by atoms with Crippen molar-refractivity contribution in [3.8, 4) is 5.75 Å². The molecule has 3 rings (SSSR count). The molecule has 1 saturated carbocycles. The quantitative estimate of drug-likeness (QED) is 0.925. The highest BCUT2D eigenvalue weighted by Crippen LogP contribution is 2.32. The topological polar surface area (TPSA) is 41.6 Å². The summed E-state index contributed by atoms with van der Waals surface area (Å²) in [4.78, 5) is 13.4. The molecule has 114 valence electrons. The molecule has 4 heteroatoms. The van der Waals surface area contributed by atoms with E-state index in [9.17, 15) is 4.79 Å². The minimum absolute atomic E-state index is 0.0109. The van der Waals surface area contributed by atoms with Crippen LogP contribution in [0.2, 0.25) is 0 Å². The molecule has 0 saturated heterocycles. The first-order chi connectivity index (χ1) is 10.1. The van der Waals surface area contributed by atoms with Gasteiger partial charge in [-0.1, -0.05) is 18.9 Å². The first-order valence-electron chi connectivity index (χ1n) is 7.92. The molecule has 1 fully saturated rings. The molecule has 4 nitrogen and oxygen atoms in total. The Bertz CT molecular complexity index is 524. The molecule has 1 aromatic carbocycles. The summed E-state index contributed by atoms with van der Waals surface area (Å²) in [5.41, 5.74) is 2.13. The van der Waals surface area contributed by atoms with Gasteiger partial charge in [0.1, 0.15) is 5.75 Å². The van der Waals surface area contributed by atoms with Gasteiger partial charge in [0.25, 0.3) is 5.91 Å². The zero-order valence-corrected chi connectivity index (χ0v) is 12.9. The average Bonchev–Trinajstić information content (AvgIpc) is 2.96. The maximum absolute atomic E-state index is 11.7. The second kappa shape index (κ2) is 6.06. The normalized spacial score (nSPS) is 20.3. The number of hydrogen-bond acceptors (Lipinski definition) is 3.